The van der Waals surface area contributed by atoms with Gasteiger partial charge in [-0.3, -0.25) is 0 Å². The highest BCUT2D eigenvalue weighted by Gasteiger charge is 1.97. The predicted molar refractivity (Wildman–Crippen MR) is 77.3 cm³/mol. The molecule has 0 aromatic rings. The molecule has 0 spiro atoms. The fourth-order valence-corrected chi connectivity index (χ4v) is 0.757. The van der Waals surface area contributed by atoms with Crippen molar-refractivity contribution in [1.82, 2.24) is 0 Å². The third-order valence-electron chi connectivity index (χ3n) is 1.75. The van der Waals surface area contributed by atoms with Gasteiger partial charge in [0.1, 0.15) is 5.78 Å². The molecule has 2 heteroatoms. The highest BCUT2D eigenvalue weighted by Crippen LogP contribution is 2.09. The smallest absolute Gasteiger partial charge is 0.126 e. The maximum Gasteiger partial charge on any atom is 0.126 e. The quantitative estimate of drug-likeness (QED) is 0.787. The first-order valence-corrected chi connectivity index (χ1v) is 6.74. The first-order chi connectivity index (χ1) is 7.54. The summed E-state index contributed by atoms with van der Waals surface area (Å²) >= 11 is 0. The van der Waals surface area contributed by atoms with Crippen LogP contribution >= 0.6 is 0 Å². The monoisotopic (exact) mass is 246 g/mol. The van der Waals surface area contributed by atoms with E-state index in [0.717, 1.165) is 5.92 Å². The van der Waals surface area contributed by atoms with Gasteiger partial charge in [0.05, 0.1) is 5.60 Å². The lowest BCUT2D eigenvalue weighted by Gasteiger charge is -2.04. The van der Waals surface area contributed by atoms with Gasteiger partial charge in [-0.2, -0.15) is 0 Å². The summed E-state index contributed by atoms with van der Waals surface area (Å²) < 4.78 is 0. The lowest BCUT2D eigenvalue weighted by Crippen LogP contribution is -2.10. The van der Waals surface area contributed by atoms with Gasteiger partial charge in [0.25, 0.3) is 0 Å². The first-order valence-electron chi connectivity index (χ1n) is 6.74. The SMILES string of the molecule is CC(C)(C)O.CC(C)=O.CCCCC(C)CC. The second-order valence-electron chi connectivity index (χ2n) is 5.73. The van der Waals surface area contributed by atoms with Crippen LogP contribution in [0.15, 0.2) is 0 Å². The molecule has 0 saturated carbocycles. The van der Waals surface area contributed by atoms with Crippen molar-refractivity contribution in [3.05, 3.63) is 0 Å². The molecule has 1 atom stereocenters. The molecule has 0 radical (unpaired) electrons. The summed E-state index contributed by atoms with van der Waals surface area (Å²) in [6.45, 7) is 15.1. The molecular formula is C15H34O2. The zero-order chi connectivity index (χ0) is 14.5. The Morgan fingerprint density at radius 3 is 1.65 bits per heavy atom. The average molecular weight is 246 g/mol. The standard InChI is InChI=1S/C8H18.C4H10O.C3H6O/c1-4-6-7-8(3)5-2;1-4(2,3)5;1-3(2)4/h8H,4-7H2,1-3H3;5H,1-3H3;1-2H3. The number of hydrogen-bond acceptors (Lipinski definition) is 2. The Kier molecular flexibility index (Phi) is 17.6. The van der Waals surface area contributed by atoms with E-state index in [1.165, 1.54) is 39.5 Å². The highest BCUT2D eigenvalue weighted by molar-refractivity contribution is 5.72. The van der Waals surface area contributed by atoms with Crippen molar-refractivity contribution >= 4 is 5.78 Å². The van der Waals surface area contributed by atoms with Crippen LogP contribution in [0.2, 0.25) is 0 Å². The number of hydrogen-bond donors (Lipinski definition) is 1. The molecule has 0 aliphatic rings. The summed E-state index contributed by atoms with van der Waals surface area (Å²) in [6, 6.07) is 0. The van der Waals surface area contributed by atoms with Crippen LogP contribution in [0.1, 0.15) is 81.1 Å². The number of Topliss-reactive ketones (excluding diaryl/α,β-unsaturated/α-hetero) is 1. The van der Waals surface area contributed by atoms with Crippen molar-refractivity contribution in [3.8, 4) is 0 Å². The number of aliphatic hydroxyl groups is 1. The lowest BCUT2D eigenvalue weighted by molar-refractivity contribution is -0.114. The molecule has 0 bridgehead atoms. The van der Waals surface area contributed by atoms with E-state index in [9.17, 15) is 4.79 Å². The summed E-state index contributed by atoms with van der Waals surface area (Å²) in [4.78, 5) is 9.44. The van der Waals surface area contributed by atoms with E-state index >= 15 is 0 Å². The van der Waals surface area contributed by atoms with Crippen molar-refractivity contribution in [3.63, 3.8) is 0 Å². The molecule has 0 heterocycles. The molecule has 0 amide bonds. The van der Waals surface area contributed by atoms with Crippen LogP contribution in [0, 0.1) is 5.92 Å². The molecule has 1 N–H and O–H groups in total. The minimum atomic E-state index is -0.500. The van der Waals surface area contributed by atoms with E-state index in [4.69, 9.17) is 5.11 Å². The van der Waals surface area contributed by atoms with Gasteiger partial charge in [0.2, 0.25) is 0 Å². The second-order valence-corrected chi connectivity index (χ2v) is 5.73. The first kappa shape index (κ1) is 21.9. The molecule has 0 rings (SSSR count). The molecule has 0 aromatic carbocycles. The van der Waals surface area contributed by atoms with Crippen molar-refractivity contribution in [2.45, 2.75) is 86.7 Å². The Hall–Kier alpha value is -0.370. The molecule has 0 aliphatic carbocycles. The molecule has 17 heavy (non-hydrogen) atoms. The predicted octanol–water partition coefficient (Wildman–Crippen LogP) is 4.60. The Labute approximate surface area is 109 Å². The average Bonchev–Trinajstić information content (AvgIpc) is 2.10. The molecule has 0 saturated heterocycles. The maximum absolute atomic E-state index is 9.44. The van der Waals surface area contributed by atoms with Crippen molar-refractivity contribution in [2.75, 3.05) is 0 Å². The summed E-state index contributed by atoms with van der Waals surface area (Å²) in [6.07, 6.45) is 5.53. The lowest BCUT2D eigenvalue weighted by atomic mass is 10.0. The molecule has 106 valence electrons. The molecule has 0 fully saturated rings. The van der Waals surface area contributed by atoms with Gasteiger partial charge in [-0.05, 0) is 40.5 Å². The van der Waals surface area contributed by atoms with E-state index < -0.39 is 5.60 Å². The minimum Gasteiger partial charge on any atom is -0.391 e. The second kappa shape index (κ2) is 13.7. The van der Waals surface area contributed by atoms with Crippen molar-refractivity contribution in [2.24, 2.45) is 5.92 Å². The van der Waals surface area contributed by atoms with E-state index in [2.05, 4.69) is 20.8 Å². The third kappa shape index (κ3) is 91.6. The van der Waals surface area contributed by atoms with Gasteiger partial charge < -0.3 is 9.90 Å². The topological polar surface area (TPSA) is 37.3 Å². The zero-order valence-electron chi connectivity index (χ0n) is 13.3. The number of unbranched alkanes of at least 4 members (excludes halogenated alkanes) is 1. The summed E-state index contributed by atoms with van der Waals surface area (Å²) in [5.74, 6) is 1.12. The molecule has 0 aromatic heterocycles. The summed E-state index contributed by atoms with van der Waals surface area (Å²) in [5, 5.41) is 8.52. The maximum atomic E-state index is 9.44. The van der Waals surface area contributed by atoms with Crippen LogP contribution in [0.4, 0.5) is 0 Å². The number of carbonyl (C=O) groups is 1. The van der Waals surface area contributed by atoms with E-state index in [1.54, 1.807) is 20.8 Å². The molecule has 0 aliphatic heterocycles. The minimum absolute atomic E-state index is 0.167. The fraction of sp³-hybridized carbons (Fsp3) is 0.933. The summed E-state index contributed by atoms with van der Waals surface area (Å²) in [7, 11) is 0. The van der Waals surface area contributed by atoms with Gasteiger partial charge in [-0.15, -0.1) is 0 Å². The van der Waals surface area contributed by atoms with Crippen molar-refractivity contribution < 1.29 is 9.90 Å². The van der Waals surface area contributed by atoms with Gasteiger partial charge in [-0.25, -0.2) is 0 Å². The van der Waals surface area contributed by atoms with Crippen LogP contribution < -0.4 is 0 Å². The summed E-state index contributed by atoms with van der Waals surface area (Å²) in [5.41, 5.74) is -0.500. The molecular weight excluding hydrogens is 212 g/mol. The van der Waals surface area contributed by atoms with Crippen LogP contribution in [-0.4, -0.2) is 16.5 Å². The van der Waals surface area contributed by atoms with Crippen LogP contribution in [0.3, 0.4) is 0 Å². The number of ketones is 1. The van der Waals surface area contributed by atoms with Crippen molar-refractivity contribution in [1.29, 1.82) is 0 Å². The number of rotatable bonds is 4. The highest BCUT2D eigenvalue weighted by atomic mass is 16.3. The largest absolute Gasteiger partial charge is 0.391 e. The van der Waals surface area contributed by atoms with Gasteiger partial charge in [0, 0.05) is 0 Å². The Balaban J connectivity index is -0.000000188. The normalized spacial score (nSPS) is 11.6. The van der Waals surface area contributed by atoms with E-state index in [-0.39, 0.29) is 5.78 Å². The molecule has 2 nitrogen and oxygen atoms in total. The van der Waals surface area contributed by atoms with E-state index in [0.29, 0.717) is 0 Å². The fourth-order valence-electron chi connectivity index (χ4n) is 0.757. The van der Waals surface area contributed by atoms with Gasteiger partial charge in [0.15, 0.2) is 0 Å². The Morgan fingerprint density at radius 1 is 1.18 bits per heavy atom. The third-order valence-corrected chi connectivity index (χ3v) is 1.75. The van der Waals surface area contributed by atoms with Crippen LogP contribution in [0.25, 0.3) is 0 Å². The van der Waals surface area contributed by atoms with Gasteiger partial charge >= 0.3 is 0 Å². The van der Waals surface area contributed by atoms with Crippen LogP contribution in [0.5, 0.6) is 0 Å². The molecule has 1 unspecified atom stereocenters. The number of carbonyl (C=O) groups excluding carboxylic acids is 1. The Bertz CT molecular complexity index is 147. The van der Waals surface area contributed by atoms with Crippen LogP contribution in [-0.2, 0) is 4.79 Å². The Morgan fingerprint density at radius 2 is 1.47 bits per heavy atom. The van der Waals surface area contributed by atoms with E-state index in [1.807, 2.05) is 0 Å². The van der Waals surface area contributed by atoms with Gasteiger partial charge in [-0.1, -0.05) is 46.5 Å². The zero-order valence-corrected chi connectivity index (χ0v) is 13.3.